The van der Waals surface area contributed by atoms with Crippen LogP contribution in [0.5, 0.6) is 23.0 Å². The summed E-state index contributed by atoms with van der Waals surface area (Å²) in [5.41, 5.74) is 2.01. The fraction of sp³-hybridized carbons (Fsp3) is 0.0870. The second-order valence-electron chi connectivity index (χ2n) is 13.8. The summed E-state index contributed by atoms with van der Waals surface area (Å²) in [5, 5.41) is 3.52. The minimum Gasteiger partial charge on any atom is -0.406 e. The Labute approximate surface area is 353 Å². The van der Waals surface area contributed by atoms with Crippen LogP contribution in [-0.4, -0.2) is 25.4 Å². The molecule has 0 saturated heterocycles. The van der Waals surface area contributed by atoms with E-state index in [-0.39, 0.29) is 22.7 Å². The quantitative estimate of drug-likeness (QED) is 0.101. The van der Waals surface area contributed by atoms with E-state index in [0.717, 1.165) is 48.5 Å². The van der Waals surface area contributed by atoms with Gasteiger partial charge in [-0.05, 0) is 131 Å². The van der Waals surface area contributed by atoms with E-state index < -0.39 is 48.4 Å². The molecule has 0 aliphatic heterocycles. The number of alkyl halides is 12. The van der Waals surface area contributed by atoms with E-state index in [4.69, 9.17) is 0 Å². The maximum absolute atomic E-state index is 13.1. The zero-order valence-electron chi connectivity index (χ0n) is 32.1. The van der Waals surface area contributed by atoms with Gasteiger partial charge >= 0.3 is 25.4 Å². The number of halogens is 12. The normalized spacial score (nSPS) is 12.4. The van der Waals surface area contributed by atoms with Crippen LogP contribution in [-0.2, 0) is 0 Å². The standard InChI is InChI=1S/C46H26F12N2O4/c47-43(48,49)61-31-17-9-27(10-18-31)59(28-11-19-32(20-12-28)62-44(50,51)52)41-26-40-36-6-2-4-8-38(36)42(25-39(40)35-5-1-3-7-37(35)41)60(29-13-21-33(22-14-29)63-45(53,54)55)30-15-23-34(24-16-30)64-46(56,57)58/h1-26H. The third-order valence-corrected chi connectivity index (χ3v) is 9.63. The Bertz CT molecular complexity index is 2610. The van der Waals surface area contributed by atoms with Gasteiger partial charge in [0.15, 0.2) is 0 Å². The molecule has 0 atom stereocenters. The number of fused-ring (bicyclic) bond motifs is 5. The lowest BCUT2D eigenvalue weighted by Crippen LogP contribution is -2.17. The van der Waals surface area contributed by atoms with E-state index in [1.165, 1.54) is 48.5 Å². The largest absolute Gasteiger partial charge is 0.573 e. The molecule has 0 aromatic heterocycles. The molecule has 0 aliphatic carbocycles. The molecule has 8 rings (SSSR count). The van der Waals surface area contributed by atoms with Gasteiger partial charge < -0.3 is 28.7 Å². The third-order valence-electron chi connectivity index (χ3n) is 9.63. The van der Waals surface area contributed by atoms with Crippen LogP contribution in [0.1, 0.15) is 0 Å². The van der Waals surface area contributed by atoms with Crippen molar-refractivity contribution in [2.75, 3.05) is 9.80 Å². The van der Waals surface area contributed by atoms with Crippen molar-refractivity contribution in [1.82, 2.24) is 0 Å². The van der Waals surface area contributed by atoms with Gasteiger partial charge in [-0.25, -0.2) is 0 Å². The van der Waals surface area contributed by atoms with Crippen LogP contribution < -0.4 is 28.7 Å². The molecule has 0 spiro atoms. The van der Waals surface area contributed by atoms with Crippen molar-refractivity contribution in [3.63, 3.8) is 0 Å². The number of benzene rings is 8. The zero-order valence-corrected chi connectivity index (χ0v) is 32.1. The Morgan fingerprint density at radius 3 is 0.703 bits per heavy atom. The Hall–Kier alpha value is -7.50. The topological polar surface area (TPSA) is 43.4 Å². The van der Waals surface area contributed by atoms with E-state index in [0.29, 0.717) is 43.7 Å². The van der Waals surface area contributed by atoms with E-state index >= 15 is 0 Å². The van der Waals surface area contributed by atoms with Crippen LogP contribution >= 0.6 is 0 Å². The van der Waals surface area contributed by atoms with Gasteiger partial charge in [0.05, 0.1) is 11.4 Å². The molecule has 8 aromatic rings. The highest BCUT2D eigenvalue weighted by molar-refractivity contribution is 6.24. The van der Waals surface area contributed by atoms with Crippen LogP contribution in [0.4, 0.5) is 86.8 Å². The highest BCUT2D eigenvalue weighted by Gasteiger charge is 2.34. The summed E-state index contributed by atoms with van der Waals surface area (Å²) in [4.78, 5) is 3.25. The summed E-state index contributed by atoms with van der Waals surface area (Å²) in [6.45, 7) is 0. The van der Waals surface area contributed by atoms with Gasteiger partial charge in [-0.3, -0.25) is 0 Å². The third kappa shape index (κ3) is 9.75. The molecule has 0 unspecified atom stereocenters. The van der Waals surface area contributed by atoms with Crippen molar-refractivity contribution in [1.29, 1.82) is 0 Å². The van der Waals surface area contributed by atoms with Gasteiger partial charge in [0.2, 0.25) is 0 Å². The predicted octanol–water partition coefficient (Wildman–Crippen LogP) is 15.7. The molecule has 0 aliphatic rings. The molecule has 8 aromatic carbocycles. The molecule has 328 valence electrons. The summed E-state index contributed by atoms with van der Waals surface area (Å²) in [7, 11) is 0. The van der Waals surface area contributed by atoms with E-state index in [9.17, 15) is 52.7 Å². The first-order valence-corrected chi connectivity index (χ1v) is 18.6. The second-order valence-corrected chi connectivity index (χ2v) is 13.8. The molecule has 0 heterocycles. The number of nitrogens with zero attached hydrogens (tertiary/aromatic N) is 2. The van der Waals surface area contributed by atoms with Gasteiger partial charge in [0.1, 0.15) is 23.0 Å². The van der Waals surface area contributed by atoms with Gasteiger partial charge in [-0.2, -0.15) is 0 Å². The average molecular weight is 899 g/mol. The summed E-state index contributed by atoms with van der Waals surface area (Å²) in [5.74, 6) is -2.11. The maximum Gasteiger partial charge on any atom is 0.573 e. The molecule has 0 N–H and O–H groups in total. The second kappa shape index (κ2) is 16.3. The fourth-order valence-electron chi connectivity index (χ4n) is 7.32. The molecular formula is C46H26F12N2O4. The SMILES string of the molecule is FC(F)(F)Oc1ccc(N(c2ccc(OC(F)(F)F)cc2)c2cc3c4ccccc4c(N(c4ccc(OC(F)(F)F)cc4)c4ccc(OC(F)(F)F)cc4)cc3c3ccccc23)cc1. The fourth-order valence-corrected chi connectivity index (χ4v) is 7.32. The summed E-state index contributed by atoms with van der Waals surface area (Å²) < 4.78 is 174. The van der Waals surface area contributed by atoms with Crippen molar-refractivity contribution >= 4 is 66.4 Å². The zero-order chi connectivity index (χ0) is 45.6. The van der Waals surface area contributed by atoms with Crippen molar-refractivity contribution in [3.8, 4) is 23.0 Å². The van der Waals surface area contributed by atoms with Crippen molar-refractivity contribution in [2.24, 2.45) is 0 Å². The first kappa shape index (κ1) is 43.2. The van der Waals surface area contributed by atoms with Crippen LogP contribution in [0.15, 0.2) is 158 Å². The Kier molecular flexibility index (Phi) is 11.0. The number of anilines is 6. The number of ether oxygens (including phenoxy) is 4. The minimum absolute atomic E-state index is 0.284. The molecule has 0 fully saturated rings. The van der Waals surface area contributed by atoms with Crippen LogP contribution in [0.3, 0.4) is 0 Å². The number of rotatable bonds is 10. The Balaban J connectivity index is 1.36. The van der Waals surface area contributed by atoms with E-state index in [1.807, 2.05) is 0 Å². The van der Waals surface area contributed by atoms with Crippen LogP contribution in [0.25, 0.3) is 32.3 Å². The molecule has 18 heteroatoms. The lowest BCUT2D eigenvalue weighted by molar-refractivity contribution is -0.275. The van der Waals surface area contributed by atoms with E-state index in [1.54, 1.807) is 70.5 Å². The summed E-state index contributed by atoms with van der Waals surface area (Å²) in [6, 6.07) is 37.0. The maximum atomic E-state index is 13.1. The lowest BCUT2D eigenvalue weighted by atomic mass is 9.93. The molecular weight excluding hydrogens is 872 g/mol. The van der Waals surface area contributed by atoms with Crippen molar-refractivity contribution in [3.05, 3.63) is 158 Å². The summed E-state index contributed by atoms with van der Waals surface area (Å²) in [6.07, 6.45) is -20.0. The minimum atomic E-state index is -4.99. The van der Waals surface area contributed by atoms with Gasteiger partial charge in [-0.15, -0.1) is 52.7 Å². The Morgan fingerprint density at radius 1 is 0.266 bits per heavy atom. The average Bonchev–Trinajstić information content (AvgIpc) is 3.21. The number of hydrogen-bond acceptors (Lipinski definition) is 6. The Morgan fingerprint density at radius 2 is 0.484 bits per heavy atom. The lowest BCUT2D eigenvalue weighted by Gasteiger charge is -2.30. The van der Waals surface area contributed by atoms with Crippen LogP contribution in [0.2, 0.25) is 0 Å². The first-order chi connectivity index (χ1) is 30.2. The molecule has 64 heavy (non-hydrogen) atoms. The molecule has 6 nitrogen and oxygen atoms in total. The molecule has 0 amide bonds. The molecule has 0 bridgehead atoms. The first-order valence-electron chi connectivity index (χ1n) is 18.6. The van der Waals surface area contributed by atoms with Gasteiger partial charge in [-0.1, -0.05) is 48.5 Å². The van der Waals surface area contributed by atoms with E-state index in [2.05, 4.69) is 18.9 Å². The highest BCUT2D eigenvalue weighted by Crippen LogP contribution is 2.48. The van der Waals surface area contributed by atoms with Gasteiger partial charge in [0, 0.05) is 33.5 Å². The van der Waals surface area contributed by atoms with Crippen LogP contribution in [0, 0.1) is 0 Å². The molecule has 0 radical (unpaired) electrons. The number of hydrogen-bond donors (Lipinski definition) is 0. The van der Waals surface area contributed by atoms with Gasteiger partial charge in [0.25, 0.3) is 0 Å². The smallest absolute Gasteiger partial charge is 0.406 e. The monoisotopic (exact) mass is 898 g/mol. The predicted molar refractivity (Wildman–Crippen MR) is 215 cm³/mol. The van der Waals surface area contributed by atoms with Crippen molar-refractivity contribution in [2.45, 2.75) is 25.4 Å². The molecule has 0 saturated carbocycles. The van der Waals surface area contributed by atoms with Crippen molar-refractivity contribution < 1.29 is 71.6 Å². The summed E-state index contributed by atoms with van der Waals surface area (Å²) >= 11 is 0. The highest BCUT2D eigenvalue weighted by atomic mass is 19.4.